The number of ether oxygens (including phenoxy) is 1. The van der Waals surface area contributed by atoms with Gasteiger partial charge in [-0.2, -0.15) is 15.0 Å². The molecule has 1 heterocycles. The van der Waals surface area contributed by atoms with Gasteiger partial charge in [0, 0.05) is 11.8 Å². The first-order chi connectivity index (χ1) is 7.44. The van der Waals surface area contributed by atoms with Crippen LogP contribution in [0.5, 0.6) is 6.01 Å². The van der Waals surface area contributed by atoms with E-state index in [1.807, 2.05) is 6.92 Å². The SMILES string of the molecule is CCOc1nc(NC)nc(SC(C)(C)C)n1. The van der Waals surface area contributed by atoms with Gasteiger partial charge >= 0.3 is 6.01 Å². The highest BCUT2D eigenvalue weighted by Crippen LogP contribution is 2.30. The van der Waals surface area contributed by atoms with Crippen LogP contribution in [-0.2, 0) is 0 Å². The molecule has 6 heteroatoms. The van der Waals surface area contributed by atoms with Gasteiger partial charge in [0.05, 0.1) is 6.61 Å². The predicted molar refractivity (Wildman–Crippen MR) is 66.2 cm³/mol. The molecule has 1 aromatic heterocycles. The highest BCUT2D eigenvalue weighted by molar-refractivity contribution is 8.00. The maximum Gasteiger partial charge on any atom is 0.322 e. The number of hydrogen-bond acceptors (Lipinski definition) is 6. The van der Waals surface area contributed by atoms with Gasteiger partial charge in [0.1, 0.15) is 0 Å². The fourth-order valence-corrected chi connectivity index (χ4v) is 1.77. The first-order valence-corrected chi connectivity index (χ1v) is 6.02. The van der Waals surface area contributed by atoms with Crippen molar-refractivity contribution >= 4 is 17.7 Å². The van der Waals surface area contributed by atoms with E-state index >= 15 is 0 Å². The van der Waals surface area contributed by atoms with E-state index in [1.165, 1.54) is 0 Å². The molecule has 90 valence electrons. The molecule has 0 amide bonds. The van der Waals surface area contributed by atoms with Crippen LogP contribution in [0.15, 0.2) is 5.16 Å². The fourth-order valence-electron chi connectivity index (χ4n) is 0.963. The third kappa shape index (κ3) is 4.22. The summed E-state index contributed by atoms with van der Waals surface area (Å²) in [7, 11) is 1.77. The average Bonchev–Trinajstić information content (AvgIpc) is 2.15. The highest BCUT2D eigenvalue weighted by atomic mass is 32.2. The molecule has 0 radical (unpaired) electrons. The van der Waals surface area contributed by atoms with E-state index < -0.39 is 0 Å². The summed E-state index contributed by atoms with van der Waals surface area (Å²) in [4.78, 5) is 12.6. The van der Waals surface area contributed by atoms with Crippen LogP contribution in [0, 0.1) is 0 Å². The van der Waals surface area contributed by atoms with E-state index in [1.54, 1.807) is 18.8 Å². The highest BCUT2D eigenvalue weighted by Gasteiger charge is 2.16. The molecule has 1 aromatic rings. The second-order valence-electron chi connectivity index (χ2n) is 4.12. The van der Waals surface area contributed by atoms with Crippen LogP contribution >= 0.6 is 11.8 Å². The van der Waals surface area contributed by atoms with E-state index in [4.69, 9.17) is 4.74 Å². The van der Waals surface area contributed by atoms with Gasteiger partial charge in [0.25, 0.3) is 0 Å². The zero-order valence-corrected chi connectivity index (χ0v) is 11.2. The van der Waals surface area contributed by atoms with Crippen molar-refractivity contribution in [1.82, 2.24) is 15.0 Å². The summed E-state index contributed by atoms with van der Waals surface area (Å²) in [5.74, 6) is 0.533. The molecule has 0 saturated heterocycles. The molecule has 0 spiro atoms. The molecule has 5 nitrogen and oxygen atoms in total. The van der Waals surface area contributed by atoms with Crippen LogP contribution in [0.1, 0.15) is 27.7 Å². The predicted octanol–water partition coefficient (Wildman–Crippen LogP) is 2.20. The summed E-state index contributed by atoms with van der Waals surface area (Å²) in [6.45, 7) is 8.79. The lowest BCUT2D eigenvalue weighted by molar-refractivity contribution is 0.308. The van der Waals surface area contributed by atoms with Gasteiger partial charge in [0.15, 0.2) is 5.16 Å². The van der Waals surface area contributed by atoms with E-state index in [0.29, 0.717) is 23.7 Å². The minimum absolute atomic E-state index is 0.0653. The second kappa shape index (κ2) is 5.34. The van der Waals surface area contributed by atoms with E-state index in [0.717, 1.165) is 0 Å². The fraction of sp³-hybridized carbons (Fsp3) is 0.700. The largest absolute Gasteiger partial charge is 0.464 e. The molecular formula is C10H18N4OS. The van der Waals surface area contributed by atoms with Gasteiger partial charge in [-0.3, -0.25) is 0 Å². The summed E-state index contributed by atoms with van der Waals surface area (Å²) >= 11 is 1.59. The van der Waals surface area contributed by atoms with E-state index in [9.17, 15) is 0 Å². The average molecular weight is 242 g/mol. The molecule has 0 aliphatic rings. The lowest BCUT2D eigenvalue weighted by Crippen LogP contribution is -2.10. The third-order valence-corrected chi connectivity index (χ3v) is 2.47. The normalized spacial score (nSPS) is 11.3. The standard InChI is InChI=1S/C10H18N4OS/c1-6-15-8-12-7(11-5)13-9(14-8)16-10(2,3)4/h6H2,1-5H3,(H,11,12,13,14). The number of hydrogen-bond donors (Lipinski definition) is 1. The van der Waals surface area contributed by atoms with Crippen LogP contribution in [0.4, 0.5) is 5.95 Å². The molecule has 0 aromatic carbocycles. The van der Waals surface area contributed by atoms with E-state index in [-0.39, 0.29) is 4.75 Å². The molecular weight excluding hydrogens is 224 g/mol. The number of thioether (sulfide) groups is 1. The van der Waals surface area contributed by atoms with Crippen molar-refractivity contribution in [2.45, 2.75) is 37.6 Å². The summed E-state index contributed by atoms with van der Waals surface area (Å²) in [6.07, 6.45) is 0. The number of aromatic nitrogens is 3. The molecule has 0 saturated carbocycles. The summed E-state index contributed by atoms with van der Waals surface area (Å²) in [6, 6.07) is 0.369. The Kier molecular flexibility index (Phi) is 4.35. The van der Waals surface area contributed by atoms with Crippen LogP contribution < -0.4 is 10.1 Å². The Labute approximate surface area is 100 Å². The number of nitrogens with one attached hydrogen (secondary N) is 1. The van der Waals surface area contributed by atoms with Crippen molar-refractivity contribution in [2.75, 3.05) is 19.0 Å². The number of rotatable bonds is 4. The topological polar surface area (TPSA) is 59.9 Å². The Morgan fingerprint density at radius 3 is 2.44 bits per heavy atom. The zero-order valence-electron chi connectivity index (χ0n) is 10.4. The van der Waals surface area contributed by atoms with Crippen LogP contribution in [-0.4, -0.2) is 33.4 Å². The van der Waals surface area contributed by atoms with Crippen molar-refractivity contribution in [2.24, 2.45) is 0 Å². The molecule has 0 atom stereocenters. The quantitative estimate of drug-likeness (QED) is 0.817. The number of nitrogens with zero attached hydrogens (tertiary/aromatic N) is 3. The Bertz CT molecular complexity index is 351. The van der Waals surface area contributed by atoms with Crippen molar-refractivity contribution in [3.8, 4) is 6.01 Å². The molecule has 0 unspecified atom stereocenters. The molecule has 0 aliphatic heterocycles. The first kappa shape index (κ1) is 13.0. The maximum atomic E-state index is 5.29. The minimum Gasteiger partial charge on any atom is -0.464 e. The zero-order chi connectivity index (χ0) is 12.2. The van der Waals surface area contributed by atoms with Crippen molar-refractivity contribution in [3.05, 3.63) is 0 Å². The van der Waals surface area contributed by atoms with Crippen LogP contribution in [0.3, 0.4) is 0 Å². The lowest BCUT2D eigenvalue weighted by atomic mass is 10.3. The molecule has 1 N–H and O–H groups in total. The summed E-state index contributed by atoms with van der Waals surface area (Å²) in [5.41, 5.74) is 0. The van der Waals surface area contributed by atoms with Crippen molar-refractivity contribution in [3.63, 3.8) is 0 Å². The van der Waals surface area contributed by atoms with Gasteiger partial charge in [-0.1, -0.05) is 32.5 Å². The third-order valence-electron chi connectivity index (χ3n) is 1.49. The van der Waals surface area contributed by atoms with Crippen molar-refractivity contribution < 1.29 is 4.74 Å². The van der Waals surface area contributed by atoms with Crippen LogP contribution in [0.25, 0.3) is 0 Å². The summed E-state index contributed by atoms with van der Waals surface area (Å²) < 4.78 is 5.35. The molecule has 0 aliphatic carbocycles. The molecule has 16 heavy (non-hydrogen) atoms. The van der Waals surface area contributed by atoms with Gasteiger partial charge in [-0.25, -0.2) is 0 Å². The van der Waals surface area contributed by atoms with Gasteiger partial charge in [0.2, 0.25) is 5.95 Å². The van der Waals surface area contributed by atoms with Crippen LogP contribution in [0.2, 0.25) is 0 Å². The Morgan fingerprint density at radius 2 is 1.94 bits per heavy atom. The summed E-state index contributed by atoms with van der Waals surface area (Å²) in [5, 5.41) is 3.57. The monoisotopic (exact) mass is 242 g/mol. The van der Waals surface area contributed by atoms with Gasteiger partial charge in [-0.15, -0.1) is 0 Å². The Morgan fingerprint density at radius 1 is 1.25 bits per heavy atom. The van der Waals surface area contributed by atoms with Gasteiger partial charge < -0.3 is 10.1 Å². The Hall–Kier alpha value is -1.04. The molecule has 0 fully saturated rings. The molecule has 1 rings (SSSR count). The lowest BCUT2D eigenvalue weighted by Gasteiger charge is -2.16. The van der Waals surface area contributed by atoms with Crippen molar-refractivity contribution in [1.29, 1.82) is 0 Å². The Balaban J connectivity index is 2.95. The smallest absolute Gasteiger partial charge is 0.322 e. The minimum atomic E-state index is 0.0653. The molecule has 0 bridgehead atoms. The van der Waals surface area contributed by atoms with Gasteiger partial charge in [-0.05, 0) is 6.92 Å². The maximum absolute atomic E-state index is 5.29. The second-order valence-corrected chi connectivity index (χ2v) is 5.92. The first-order valence-electron chi connectivity index (χ1n) is 5.20. The van der Waals surface area contributed by atoms with E-state index in [2.05, 4.69) is 41.0 Å². The number of anilines is 1.